The van der Waals surface area contributed by atoms with Crippen molar-refractivity contribution in [1.29, 1.82) is 0 Å². The van der Waals surface area contributed by atoms with E-state index in [9.17, 15) is 0 Å². The van der Waals surface area contributed by atoms with Crippen molar-refractivity contribution >= 4 is 29.7 Å². The third-order valence-electron chi connectivity index (χ3n) is 5.49. The van der Waals surface area contributed by atoms with E-state index in [1.165, 1.54) is 116 Å². The topological polar surface area (TPSA) is 18.5 Å². The van der Waals surface area contributed by atoms with Gasteiger partial charge in [-0.05, 0) is 12.8 Å². The molecule has 2 nitrogen and oxygen atoms in total. The normalized spacial score (nSPS) is 11.6. The quantitative estimate of drug-likeness (QED) is 0.0635. The number of rotatable bonds is 24. The van der Waals surface area contributed by atoms with E-state index in [2.05, 4.69) is 13.8 Å². The molecular weight excluding hydrogens is 454 g/mol. The molecule has 0 saturated heterocycles. The molecule has 6 heteroatoms. The molecule has 0 N–H and O–H groups in total. The van der Waals surface area contributed by atoms with Gasteiger partial charge in [0.15, 0.2) is 0 Å². The molecule has 0 spiro atoms. The zero-order valence-electron chi connectivity index (χ0n) is 20.6. The maximum Gasteiger partial charge on any atom is 1.00 e. The van der Waals surface area contributed by atoms with Crippen molar-refractivity contribution in [2.24, 2.45) is 0 Å². The van der Waals surface area contributed by atoms with Crippen molar-refractivity contribution in [3.05, 3.63) is 0 Å². The third kappa shape index (κ3) is 28.6. The zero-order valence-corrected chi connectivity index (χ0v) is 26.3. The summed E-state index contributed by atoms with van der Waals surface area (Å²) >= 11 is 10.7. The molecule has 0 rings (SSSR count). The Hall–Kier alpha value is 2.56. The first-order chi connectivity index (χ1) is 14.1. The molecule has 0 atom stereocenters. The minimum atomic E-state index is -2.43. The Kier molecular flexibility index (Phi) is 32.2. The van der Waals surface area contributed by atoms with Gasteiger partial charge in [0.05, 0.1) is 18.9 Å². The van der Waals surface area contributed by atoms with Gasteiger partial charge in [-0.2, -0.15) is 0 Å². The summed E-state index contributed by atoms with van der Waals surface area (Å²) in [5.74, 6) is 0. The van der Waals surface area contributed by atoms with Gasteiger partial charge >= 0.3 is 51.4 Å². The summed E-state index contributed by atoms with van der Waals surface area (Å²) in [6.45, 7) is 5.90. The maximum atomic E-state index is 5.71. The predicted octanol–water partition coefficient (Wildman–Crippen LogP) is 6.64. The SMILES string of the molecule is CCCCCCCCCCCCOP(=S)([S-])OCCCCCCCCCCCC.[K+]. The van der Waals surface area contributed by atoms with E-state index < -0.39 is 5.69 Å². The Morgan fingerprint density at radius 2 is 0.733 bits per heavy atom. The van der Waals surface area contributed by atoms with Crippen molar-refractivity contribution < 1.29 is 60.4 Å². The minimum Gasteiger partial charge on any atom is -0.691 e. The van der Waals surface area contributed by atoms with Gasteiger partial charge in [-0.3, -0.25) is 0 Å². The van der Waals surface area contributed by atoms with Gasteiger partial charge in [0, 0.05) is 0 Å². The molecule has 0 aromatic carbocycles. The number of hydrogen-bond acceptors (Lipinski definition) is 4. The first-order valence-corrected chi connectivity index (χ1v) is 16.4. The second-order valence-electron chi connectivity index (χ2n) is 8.48. The van der Waals surface area contributed by atoms with Crippen LogP contribution < -0.4 is 51.4 Å². The molecule has 0 saturated carbocycles. The number of unbranched alkanes of at least 4 members (excludes halogenated alkanes) is 18. The van der Waals surface area contributed by atoms with E-state index in [0.717, 1.165) is 12.8 Å². The maximum absolute atomic E-state index is 5.71. The summed E-state index contributed by atoms with van der Waals surface area (Å²) in [5, 5.41) is 0. The smallest absolute Gasteiger partial charge is 0.691 e. The summed E-state index contributed by atoms with van der Waals surface area (Å²) in [4.78, 5) is 0. The molecule has 0 aromatic heterocycles. The summed E-state index contributed by atoms with van der Waals surface area (Å²) in [6.07, 6.45) is 26.5. The Morgan fingerprint density at radius 1 is 0.500 bits per heavy atom. The first kappa shape index (κ1) is 34.7. The van der Waals surface area contributed by atoms with E-state index in [1.54, 1.807) is 0 Å². The van der Waals surface area contributed by atoms with Crippen molar-refractivity contribution in [2.75, 3.05) is 13.2 Å². The molecule has 0 amide bonds. The Morgan fingerprint density at radius 3 is 1.00 bits per heavy atom. The van der Waals surface area contributed by atoms with Crippen LogP contribution in [0.1, 0.15) is 142 Å². The van der Waals surface area contributed by atoms with Crippen LogP contribution in [0.15, 0.2) is 0 Å². The van der Waals surface area contributed by atoms with Crippen molar-refractivity contribution in [2.45, 2.75) is 142 Å². The standard InChI is InChI=1S/C24H51O2PS2.K/c1-3-5-7-9-11-13-15-17-19-21-23-25-27(28,29)26-24-22-20-18-16-14-12-10-8-6-4-2;/h3-24H2,1-2H3,(H,28,29);/q;+1/p-1. The largest absolute Gasteiger partial charge is 1.00 e. The Balaban J connectivity index is 0. The van der Waals surface area contributed by atoms with Crippen LogP contribution in [0.4, 0.5) is 0 Å². The minimum absolute atomic E-state index is 0. The van der Waals surface area contributed by atoms with Crippen LogP contribution in [0.2, 0.25) is 0 Å². The van der Waals surface area contributed by atoms with Crippen LogP contribution in [0.25, 0.3) is 0 Å². The fourth-order valence-corrected chi connectivity index (χ4v) is 5.24. The van der Waals surface area contributed by atoms with Crippen molar-refractivity contribution in [1.82, 2.24) is 0 Å². The predicted molar refractivity (Wildman–Crippen MR) is 137 cm³/mol. The Bertz CT molecular complexity index is 343. The fraction of sp³-hybridized carbons (Fsp3) is 1.00. The monoisotopic (exact) mass is 504 g/mol. The van der Waals surface area contributed by atoms with Crippen LogP contribution in [-0.4, -0.2) is 13.2 Å². The summed E-state index contributed by atoms with van der Waals surface area (Å²) in [7, 11) is 0. The van der Waals surface area contributed by atoms with Gasteiger partial charge in [-0.15, -0.1) is 0 Å². The summed E-state index contributed by atoms with van der Waals surface area (Å²) < 4.78 is 11.4. The van der Waals surface area contributed by atoms with E-state index in [-0.39, 0.29) is 51.4 Å². The van der Waals surface area contributed by atoms with Gasteiger partial charge in [0.2, 0.25) is 0 Å². The molecule has 0 heterocycles. The molecule has 0 unspecified atom stereocenters. The van der Waals surface area contributed by atoms with Gasteiger partial charge in [-0.1, -0.05) is 141 Å². The molecule has 0 aliphatic rings. The molecule has 0 bridgehead atoms. The van der Waals surface area contributed by atoms with E-state index in [4.69, 9.17) is 33.1 Å². The second kappa shape index (κ2) is 27.8. The average molecular weight is 505 g/mol. The average Bonchev–Trinajstić information content (AvgIpc) is 2.70. The molecule has 0 aliphatic carbocycles. The van der Waals surface area contributed by atoms with Gasteiger partial charge in [0.25, 0.3) is 0 Å². The fourth-order valence-electron chi connectivity index (χ4n) is 3.57. The van der Waals surface area contributed by atoms with Crippen molar-refractivity contribution in [3.63, 3.8) is 0 Å². The summed E-state index contributed by atoms with van der Waals surface area (Å²) in [5.41, 5.74) is -2.43. The molecule has 0 aliphatic heterocycles. The van der Waals surface area contributed by atoms with Crippen LogP contribution in [-0.2, 0) is 33.1 Å². The van der Waals surface area contributed by atoms with Crippen LogP contribution in [0.5, 0.6) is 0 Å². The van der Waals surface area contributed by atoms with Gasteiger partial charge in [0.1, 0.15) is 0 Å². The molecule has 0 radical (unpaired) electrons. The summed E-state index contributed by atoms with van der Waals surface area (Å²) in [6, 6.07) is 0. The molecular formula is C24H50KO2PS2. The molecule has 30 heavy (non-hydrogen) atoms. The van der Waals surface area contributed by atoms with E-state index in [1.807, 2.05) is 0 Å². The van der Waals surface area contributed by atoms with Gasteiger partial charge in [-0.25, -0.2) is 0 Å². The number of hydrogen-bond donors (Lipinski definition) is 0. The molecule has 176 valence electrons. The van der Waals surface area contributed by atoms with Gasteiger partial charge < -0.3 is 21.3 Å². The molecule has 0 fully saturated rings. The van der Waals surface area contributed by atoms with Crippen LogP contribution in [0, 0.1) is 0 Å². The van der Waals surface area contributed by atoms with E-state index >= 15 is 0 Å². The van der Waals surface area contributed by atoms with Crippen LogP contribution >= 0.6 is 5.69 Å². The van der Waals surface area contributed by atoms with Crippen molar-refractivity contribution in [3.8, 4) is 0 Å². The van der Waals surface area contributed by atoms with Crippen LogP contribution in [0.3, 0.4) is 0 Å². The molecule has 0 aromatic rings. The first-order valence-electron chi connectivity index (χ1n) is 12.7. The van der Waals surface area contributed by atoms with E-state index in [0.29, 0.717) is 13.2 Å². The Labute approximate surface area is 242 Å². The second-order valence-corrected chi connectivity index (χ2v) is 13.5. The third-order valence-corrected chi connectivity index (χ3v) is 7.76. The zero-order chi connectivity index (χ0) is 21.5.